The van der Waals surface area contributed by atoms with Crippen LogP contribution in [0.2, 0.25) is 5.02 Å². The van der Waals surface area contributed by atoms with Gasteiger partial charge in [-0.3, -0.25) is 14.4 Å². The van der Waals surface area contributed by atoms with E-state index in [4.69, 9.17) is 21.1 Å². The molecule has 2 amide bonds. The molecule has 0 saturated carbocycles. The summed E-state index contributed by atoms with van der Waals surface area (Å²) < 4.78 is 10.4. The van der Waals surface area contributed by atoms with Gasteiger partial charge in [0, 0.05) is 23.2 Å². The normalized spacial score (nSPS) is 10.8. The number of anilines is 1. The molecule has 0 heterocycles. The molecule has 0 bridgehead atoms. The van der Waals surface area contributed by atoms with Gasteiger partial charge >= 0.3 is 5.97 Å². The second kappa shape index (κ2) is 11.0. The molecule has 0 aliphatic heterocycles. The van der Waals surface area contributed by atoms with Gasteiger partial charge in [-0.05, 0) is 60.2 Å². The van der Waals surface area contributed by atoms with E-state index in [-0.39, 0.29) is 11.4 Å². The van der Waals surface area contributed by atoms with Crippen molar-refractivity contribution in [2.75, 3.05) is 12.4 Å². The third kappa shape index (κ3) is 6.69. The van der Waals surface area contributed by atoms with Crippen LogP contribution in [0.3, 0.4) is 0 Å². The van der Waals surface area contributed by atoms with Crippen LogP contribution in [0.4, 0.5) is 5.69 Å². The highest BCUT2D eigenvalue weighted by Gasteiger charge is 2.16. The molecule has 0 aliphatic carbocycles. The van der Waals surface area contributed by atoms with Gasteiger partial charge in [0.15, 0.2) is 11.5 Å². The number of esters is 1. The van der Waals surface area contributed by atoms with Crippen LogP contribution in [0, 0.1) is 0 Å². The molecule has 168 valence electrons. The van der Waals surface area contributed by atoms with Gasteiger partial charge in [-0.2, -0.15) is 0 Å². The van der Waals surface area contributed by atoms with E-state index in [0.717, 1.165) is 0 Å². The number of carbonyl (C=O) groups is 3. The monoisotopic (exact) mass is 464 g/mol. The number of hydrogen-bond donors (Lipinski definition) is 2. The minimum atomic E-state index is -0.537. The van der Waals surface area contributed by atoms with Crippen molar-refractivity contribution < 1.29 is 23.9 Å². The van der Waals surface area contributed by atoms with Crippen LogP contribution >= 0.6 is 11.6 Å². The van der Waals surface area contributed by atoms with Crippen molar-refractivity contribution in [3.05, 3.63) is 94.6 Å². The fourth-order valence-corrected chi connectivity index (χ4v) is 2.98. The zero-order valence-corrected chi connectivity index (χ0v) is 18.7. The molecular weight excluding hydrogens is 444 g/mol. The van der Waals surface area contributed by atoms with Gasteiger partial charge in [0.05, 0.1) is 7.11 Å². The number of rotatable bonds is 7. The van der Waals surface area contributed by atoms with E-state index >= 15 is 0 Å². The first-order chi connectivity index (χ1) is 15.9. The first kappa shape index (κ1) is 23.6. The molecule has 8 heteroatoms. The van der Waals surface area contributed by atoms with Crippen molar-refractivity contribution in [1.29, 1.82) is 0 Å². The number of nitrogens with one attached hydrogen (secondary N) is 2. The molecule has 0 aliphatic rings. The maximum atomic E-state index is 13.0. The molecule has 0 saturated heterocycles. The Balaban J connectivity index is 1.93. The molecule has 0 spiro atoms. The lowest BCUT2D eigenvalue weighted by Gasteiger charge is -2.12. The molecule has 2 N–H and O–H groups in total. The lowest BCUT2D eigenvalue weighted by molar-refractivity contribution is -0.132. The summed E-state index contributed by atoms with van der Waals surface area (Å²) in [7, 11) is 1.43. The average molecular weight is 465 g/mol. The molecule has 33 heavy (non-hydrogen) atoms. The maximum absolute atomic E-state index is 13.0. The van der Waals surface area contributed by atoms with Gasteiger partial charge in [-0.15, -0.1) is 0 Å². The van der Waals surface area contributed by atoms with Gasteiger partial charge in [-0.25, -0.2) is 0 Å². The Bertz CT molecular complexity index is 1190. The summed E-state index contributed by atoms with van der Waals surface area (Å²) in [6.45, 7) is 1.28. The predicted molar refractivity (Wildman–Crippen MR) is 126 cm³/mol. The van der Waals surface area contributed by atoms with Crippen molar-refractivity contribution in [3.63, 3.8) is 0 Å². The van der Waals surface area contributed by atoms with Crippen LogP contribution in [0.1, 0.15) is 22.8 Å². The third-order valence-electron chi connectivity index (χ3n) is 4.38. The Kier molecular flexibility index (Phi) is 7.83. The number of carbonyl (C=O) groups excluding carboxylic acids is 3. The molecule has 3 aromatic rings. The quantitative estimate of drug-likeness (QED) is 0.301. The smallest absolute Gasteiger partial charge is 0.308 e. The highest BCUT2D eigenvalue weighted by Crippen LogP contribution is 2.29. The number of halogens is 1. The standard InChI is InChI=1S/C25H21ClN2O5/c1-16(29)33-22-13-8-17(15-23(22)32-2)14-21(28-24(30)18-6-4-3-5-7-18)25(31)27-20-11-9-19(26)10-12-20/h3-15H,1-2H3,(H,27,31)(H,28,30). The van der Waals surface area contributed by atoms with E-state index in [9.17, 15) is 14.4 Å². The Morgan fingerprint density at radius 3 is 2.24 bits per heavy atom. The highest BCUT2D eigenvalue weighted by atomic mass is 35.5. The van der Waals surface area contributed by atoms with Gasteiger partial charge < -0.3 is 20.1 Å². The van der Waals surface area contributed by atoms with Crippen molar-refractivity contribution in [2.45, 2.75) is 6.92 Å². The van der Waals surface area contributed by atoms with Gasteiger partial charge in [0.2, 0.25) is 0 Å². The molecular formula is C25H21ClN2O5. The molecule has 3 aromatic carbocycles. The van der Waals surface area contributed by atoms with E-state index in [1.165, 1.54) is 20.1 Å². The largest absolute Gasteiger partial charge is 0.493 e. The van der Waals surface area contributed by atoms with E-state index in [1.807, 2.05) is 0 Å². The Labute approximate surface area is 196 Å². The summed E-state index contributed by atoms with van der Waals surface area (Å²) >= 11 is 5.90. The van der Waals surface area contributed by atoms with Gasteiger partial charge in [-0.1, -0.05) is 35.9 Å². The topological polar surface area (TPSA) is 93.7 Å². The predicted octanol–water partition coefficient (Wildman–Crippen LogP) is 4.68. The van der Waals surface area contributed by atoms with Crippen LogP contribution < -0.4 is 20.1 Å². The minimum absolute atomic E-state index is 0.00101. The second-order valence-electron chi connectivity index (χ2n) is 6.84. The van der Waals surface area contributed by atoms with Crippen molar-refractivity contribution in [2.24, 2.45) is 0 Å². The summed E-state index contributed by atoms with van der Waals surface area (Å²) in [4.78, 5) is 37.0. The van der Waals surface area contributed by atoms with E-state index in [2.05, 4.69) is 10.6 Å². The minimum Gasteiger partial charge on any atom is -0.493 e. The average Bonchev–Trinajstić information content (AvgIpc) is 2.81. The summed E-state index contributed by atoms with van der Waals surface area (Å²) in [5.74, 6) is -0.940. The third-order valence-corrected chi connectivity index (χ3v) is 4.64. The van der Waals surface area contributed by atoms with E-state index in [1.54, 1.807) is 72.8 Å². The number of amides is 2. The van der Waals surface area contributed by atoms with Crippen LogP contribution in [0.15, 0.2) is 78.5 Å². The summed E-state index contributed by atoms with van der Waals surface area (Å²) in [5, 5.41) is 5.92. The van der Waals surface area contributed by atoms with Gasteiger partial charge in [0.1, 0.15) is 5.70 Å². The number of hydrogen-bond acceptors (Lipinski definition) is 5. The summed E-state index contributed by atoms with van der Waals surface area (Å²) in [6, 6.07) is 19.9. The zero-order chi connectivity index (χ0) is 23.8. The van der Waals surface area contributed by atoms with Crippen LogP contribution in [-0.2, 0) is 9.59 Å². The molecule has 0 unspecified atom stereocenters. The molecule has 0 aromatic heterocycles. The van der Waals surface area contributed by atoms with E-state index < -0.39 is 17.8 Å². The SMILES string of the molecule is COc1cc(C=C(NC(=O)c2ccccc2)C(=O)Nc2ccc(Cl)cc2)ccc1OC(C)=O. The second-order valence-corrected chi connectivity index (χ2v) is 7.28. The Hall–Kier alpha value is -4.10. The molecule has 0 radical (unpaired) electrons. The first-order valence-electron chi connectivity index (χ1n) is 9.87. The zero-order valence-electron chi connectivity index (χ0n) is 17.9. The molecule has 0 fully saturated rings. The maximum Gasteiger partial charge on any atom is 0.308 e. The number of methoxy groups -OCH3 is 1. The first-order valence-corrected chi connectivity index (χ1v) is 10.2. The number of ether oxygens (including phenoxy) is 2. The Morgan fingerprint density at radius 2 is 1.61 bits per heavy atom. The molecule has 3 rings (SSSR count). The molecule has 7 nitrogen and oxygen atoms in total. The lowest BCUT2D eigenvalue weighted by Crippen LogP contribution is -2.30. The lowest BCUT2D eigenvalue weighted by atomic mass is 10.1. The van der Waals surface area contributed by atoms with Crippen LogP contribution in [0.5, 0.6) is 11.5 Å². The number of benzene rings is 3. The van der Waals surface area contributed by atoms with Crippen molar-refractivity contribution >= 4 is 41.1 Å². The van der Waals surface area contributed by atoms with E-state index in [0.29, 0.717) is 27.6 Å². The van der Waals surface area contributed by atoms with Crippen molar-refractivity contribution in [1.82, 2.24) is 5.32 Å². The summed E-state index contributed by atoms with van der Waals surface area (Å²) in [6.07, 6.45) is 1.49. The van der Waals surface area contributed by atoms with Crippen LogP contribution in [0.25, 0.3) is 6.08 Å². The molecule has 0 atom stereocenters. The van der Waals surface area contributed by atoms with Crippen molar-refractivity contribution in [3.8, 4) is 11.5 Å². The fourth-order valence-electron chi connectivity index (χ4n) is 2.85. The fraction of sp³-hybridized carbons (Fsp3) is 0.0800. The van der Waals surface area contributed by atoms with Crippen LogP contribution in [-0.4, -0.2) is 24.9 Å². The highest BCUT2D eigenvalue weighted by molar-refractivity contribution is 6.30. The van der Waals surface area contributed by atoms with Gasteiger partial charge in [0.25, 0.3) is 11.8 Å². The summed E-state index contributed by atoms with van der Waals surface area (Å²) in [5.41, 5.74) is 1.44. The Morgan fingerprint density at radius 1 is 0.909 bits per heavy atom.